The fourth-order valence-corrected chi connectivity index (χ4v) is 3.55. The van der Waals surface area contributed by atoms with E-state index in [9.17, 15) is 4.79 Å². The number of thioether (sulfide) groups is 1. The zero-order chi connectivity index (χ0) is 17.7. The summed E-state index contributed by atoms with van der Waals surface area (Å²) < 4.78 is 5.25. The normalized spacial score (nSPS) is 10.5. The Kier molecular flexibility index (Phi) is 7.11. The molecule has 24 heavy (non-hydrogen) atoms. The van der Waals surface area contributed by atoms with Gasteiger partial charge in [0.05, 0.1) is 18.6 Å². The summed E-state index contributed by atoms with van der Waals surface area (Å²) in [5.41, 5.74) is 2.42. The van der Waals surface area contributed by atoms with Gasteiger partial charge in [0, 0.05) is 26.9 Å². The number of nitrogens with one attached hydrogen (secondary N) is 1. The first-order chi connectivity index (χ1) is 11.4. The predicted molar refractivity (Wildman–Crippen MR) is 104 cm³/mol. The molecule has 0 spiro atoms. The van der Waals surface area contributed by atoms with Crippen LogP contribution in [0.5, 0.6) is 5.75 Å². The summed E-state index contributed by atoms with van der Waals surface area (Å²) >= 11 is 19.5. The van der Waals surface area contributed by atoms with E-state index in [0.29, 0.717) is 38.0 Å². The number of rotatable bonds is 6. The Bertz CT molecular complexity index is 753. The number of amides is 1. The van der Waals surface area contributed by atoms with Crippen molar-refractivity contribution >= 4 is 58.2 Å². The first-order valence-electron chi connectivity index (χ1n) is 7.06. The zero-order valence-electron chi connectivity index (χ0n) is 13.2. The number of hydrogen-bond acceptors (Lipinski definition) is 3. The minimum Gasteiger partial charge on any atom is -0.495 e. The third-order valence-electron chi connectivity index (χ3n) is 3.26. The molecule has 0 saturated heterocycles. The van der Waals surface area contributed by atoms with Crippen LogP contribution in [0.1, 0.15) is 11.1 Å². The van der Waals surface area contributed by atoms with Gasteiger partial charge in [-0.1, -0.05) is 40.9 Å². The second-order valence-electron chi connectivity index (χ2n) is 5.08. The van der Waals surface area contributed by atoms with E-state index in [1.807, 2.05) is 13.0 Å². The van der Waals surface area contributed by atoms with Gasteiger partial charge in [0.15, 0.2) is 0 Å². The number of halogens is 3. The Morgan fingerprint density at radius 1 is 1.17 bits per heavy atom. The zero-order valence-corrected chi connectivity index (χ0v) is 16.2. The van der Waals surface area contributed by atoms with Gasteiger partial charge in [-0.3, -0.25) is 4.79 Å². The molecule has 7 heteroatoms. The molecular formula is C17H16Cl3NO2S. The molecule has 1 N–H and O–H groups in total. The van der Waals surface area contributed by atoms with E-state index in [0.717, 1.165) is 11.1 Å². The van der Waals surface area contributed by atoms with Crippen molar-refractivity contribution in [3.63, 3.8) is 0 Å². The minimum atomic E-state index is -0.120. The molecule has 0 atom stereocenters. The van der Waals surface area contributed by atoms with Crippen LogP contribution >= 0.6 is 46.6 Å². The monoisotopic (exact) mass is 403 g/mol. The number of hydrogen-bond donors (Lipinski definition) is 1. The Morgan fingerprint density at radius 2 is 1.92 bits per heavy atom. The molecule has 128 valence electrons. The Hall–Kier alpha value is -1.07. The van der Waals surface area contributed by atoms with E-state index in [2.05, 4.69) is 5.32 Å². The summed E-state index contributed by atoms with van der Waals surface area (Å²) in [6.45, 7) is 1.87. The number of carbonyl (C=O) groups excluding carboxylic acids is 1. The highest BCUT2D eigenvalue weighted by molar-refractivity contribution is 7.99. The highest BCUT2D eigenvalue weighted by Crippen LogP contribution is 2.31. The molecular weight excluding hydrogens is 389 g/mol. The van der Waals surface area contributed by atoms with E-state index in [4.69, 9.17) is 39.5 Å². The lowest BCUT2D eigenvalue weighted by molar-refractivity contribution is -0.113. The standard InChI is InChI=1S/C17H16Cl3NO2S/c1-10-5-15(16(23-2)7-13(10)19)21-17(22)9-24-8-11-3-4-12(18)6-14(11)20/h3-7H,8-9H2,1-2H3,(H,21,22). The maximum Gasteiger partial charge on any atom is 0.234 e. The van der Waals surface area contributed by atoms with Crippen molar-refractivity contribution in [1.82, 2.24) is 0 Å². The summed E-state index contributed by atoms with van der Waals surface area (Å²) in [6.07, 6.45) is 0. The van der Waals surface area contributed by atoms with E-state index in [1.54, 1.807) is 24.3 Å². The van der Waals surface area contributed by atoms with Crippen LogP contribution < -0.4 is 10.1 Å². The summed E-state index contributed by atoms with van der Waals surface area (Å²) in [4.78, 5) is 12.1. The van der Waals surface area contributed by atoms with Gasteiger partial charge in [0.2, 0.25) is 5.91 Å². The van der Waals surface area contributed by atoms with E-state index in [1.165, 1.54) is 18.9 Å². The summed E-state index contributed by atoms with van der Waals surface area (Å²) in [6, 6.07) is 8.82. The molecule has 2 aromatic rings. The van der Waals surface area contributed by atoms with Crippen molar-refractivity contribution in [1.29, 1.82) is 0 Å². The Labute approximate surface area is 160 Å². The van der Waals surface area contributed by atoms with Crippen LogP contribution in [-0.4, -0.2) is 18.8 Å². The predicted octanol–water partition coefficient (Wildman–Crippen LogP) is 5.84. The smallest absolute Gasteiger partial charge is 0.234 e. The maximum absolute atomic E-state index is 12.1. The van der Waals surface area contributed by atoms with Gasteiger partial charge in [-0.2, -0.15) is 0 Å². The van der Waals surface area contributed by atoms with Gasteiger partial charge in [-0.05, 0) is 36.2 Å². The van der Waals surface area contributed by atoms with E-state index >= 15 is 0 Å². The molecule has 0 fully saturated rings. The third-order valence-corrected chi connectivity index (χ3v) is 5.24. The molecule has 2 rings (SSSR count). The van der Waals surface area contributed by atoms with Gasteiger partial charge in [0.1, 0.15) is 5.75 Å². The van der Waals surface area contributed by atoms with Gasteiger partial charge in [-0.25, -0.2) is 0 Å². The lowest BCUT2D eigenvalue weighted by atomic mass is 10.2. The number of anilines is 1. The van der Waals surface area contributed by atoms with Crippen LogP contribution in [0, 0.1) is 6.92 Å². The van der Waals surface area contributed by atoms with Crippen molar-refractivity contribution < 1.29 is 9.53 Å². The molecule has 0 aliphatic carbocycles. The van der Waals surface area contributed by atoms with Crippen LogP contribution in [0.15, 0.2) is 30.3 Å². The molecule has 0 heterocycles. The van der Waals surface area contributed by atoms with E-state index < -0.39 is 0 Å². The summed E-state index contributed by atoms with van der Waals surface area (Å²) in [5.74, 6) is 1.33. The first kappa shape index (κ1) is 19.3. The first-order valence-corrected chi connectivity index (χ1v) is 9.35. The molecule has 3 nitrogen and oxygen atoms in total. The number of benzene rings is 2. The lowest BCUT2D eigenvalue weighted by Gasteiger charge is -2.12. The topological polar surface area (TPSA) is 38.3 Å². The average molecular weight is 405 g/mol. The lowest BCUT2D eigenvalue weighted by Crippen LogP contribution is -2.15. The molecule has 0 aliphatic heterocycles. The van der Waals surface area contributed by atoms with Gasteiger partial charge in [-0.15, -0.1) is 11.8 Å². The van der Waals surface area contributed by atoms with Crippen molar-refractivity contribution in [3.05, 3.63) is 56.5 Å². The third kappa shape index (κ3) is 5.21. The second kappa shape index (κ2) is 8.86. The fraction of sp³-hybridized carbons (Fsp3) is 0.235. The van der Waals surface area contributed by atoms with Crippen molar-refractivity contribution in [2.45, 2.75) is 12.7 Å². The van der Waals surface area contributed by atoms with Crippen molar-refractivity contribution in [2.75, 3.05) is 18.2 Å². The highest BCUT2D eigenvalue weighted by Gasteiger charge is 2.11. The number of aryl methyl sites for hydroxylation is 1. The summed E-state index contributed by atoms with van der Waals surface area (Å²) in [7, 11) is 1.54. The molecule has 1 amide bonds. The molecule has 0 saturated carbocycles. The van der Waals surface area contributed by atoms with Crippen LogP contribution in [0.4, 0.5) is 5.69 Å². The second-order valence-corrected chi connectivity index (χ2v) is 7.31. The molecule has 0 unspecified atom stereocenters. The number of methoxy groups -OCH3 is 1. The Balaban J connectivity index is 1.93. The average Bonchev–Trinajstić information content (AvgIpc) is 2.52. The number of carbonyl (C=O) groups is 1. The number of ether oxygens (including phenoxy) is 1. The van der Waals surface area contributed by atoms with Gasteiger partial charge < -0.3 is 10.1 Å². The molecule has 0 radical (unpaired) electrons. The summed E-state index contributed by atoms with van der Waals surface area (Å²) in [5, 5.41) is 4.63. The highest BCUT2D eigenvalue weighted by atomic mass is 35.5. The maximum atomic E-state index is 12.1. The molecule has 0 aliphatic rings. The molecule has 2 aromatic carbocycles. The van der Waals surface area contributed by atoms with Gasteiger partial charge >= 0.3 is 0 Å². The minimum absolute atomic E-state index is 0.120. The quantitative estimate of drug-likeness (QED) is 0.657. The molecule has 0 bridgehead atoms. The van der Waals surface area contributed by atoms with Crippen LogP contribution in [0.25, 0.3) is 0 Å². The van der Waals surface area contributed by atoms with Crippen molar-refractivity contribution in [2.24, 2.45) is 0 Å². The molecule has 0 aromatic heterocycles. The largest absolute Gasteiger partial charge is 0.495 e. The van der Waals surface area contributed by atoms with Crippen molar-refractivity contribution in [3.8, 4) is 5.75 Å². The van der Waals surface area contributed by atoms with Crippen LogP contribution in [-0.2, 0) is 10.5 Å². The van der Waals surface area contributed by atoms with E-state index in [-0.39, 0.29) is 5.91 Å². The fourth-order valence-electron chi connectivity index (χ4n) is 2.01. The SMILES string of the molecule is COc1cc(Cl)c(C)cc1NC(=O)CSCc1ccc(Cl)cc1Cl. The van der Waals surface area contributed by atoms with Gasteiger partial charge in [0.25, 0.3) is 0 Å². The van der Waals surface area contributed by atoms with Crippen LogP contribution in [0.3, 0.4) is 0 Å². The Morgan fingerprint density at radius 3 is 2.58 bits per heavy atom. The van der Waals surface area contributed by atoms with Crippen LogP contribution in [0.2, 0.25) is 15.1 Å².